The van der Waals surface area contributed by atoms with Gasteiger partial charge in [-0.05, 0) is 26.2 Å². The van der Waals surface area contributed by atoms with Crippen LogP contribution < -0.4 is 10.6 Å². The van der Waals surface area contributed by atoms with E-state index in [2.05, 4.69) is 10.6 Å². The first kappa shape index (κ1) is 15.3. The van der Waals surface area contributed by atoms with Crippen LogP contribution in [0.2, 0.25) is 0 Å². The van der Waals surface area contributed by atoms with Gasteiger partial charge in [0.05, 0.1) is 0 Å². The third-order valence-corrected chi connectivity index (χ3v) is 3.05. The van der Waals surface area contributed by atoms with Crippen molar-refractivity contribution in [3.63, 3.8) is 0 Å². The number of carbonyl (C=O) groups excluding carboxylic acids is 2. The molecule has 0 bridgehead atoms. The third kappa shape index (κ3) is 5.58. The van der Waals surface area contributed by atoms with Crippen molar-refractivity contribution >= 4 is 17.9 Å². The van der Waals surface area contributed by atoms with Crippen molar-refractivity contribution in [2.45, 2.75) is 38.6 Å². The summed E-state index contributed by atoms with van der Waals surface area (Å²) >= 11 is 0. The maximum Gasteiger partial charge on any atom is 0.325 e. The van der Waals surface area contributed by atoms with E-state index in [1.807, 2.05) is 4.90 Å². The summed E-state index contributed by atoms with van der Waals surface area (Å²) in [5.41, 5.74) is 0. The van der Waals surface area contributed by atoms with Gasteiger partial charge < -0.3 is 20.6 Å². The lowest BCUT2D eigenvalue weighted by atomic mass is 10.1. The smallest absolute Gasteiger partial charge is 0.325 e. The minimum Gasteiger partial charge on any atom is -0.480 e. The number of hydrogen-bond donors (Lipinski definition) is 3. The zero-order chi connectivity index (χ0) is 14.3. The average molecular weight is 271 g/mol. The van der Waals surface area contributed by atoms with Crippen LogP contribution >= 0.6 is 0 Å². The SMILES string of the molecule is C[C@H](NC(=O)NCCC(=O)N1CCCCC1)C(=O)O. The number of amides is 3. The number of likely N-dealkylation sites (tertiary alicyclic amines) is 1. The topological polar surface area (TPSA) is 98.7 Å². The van der Waals surface area contributed by atoms with E-state index in [-0.39, 0.29) is 18.9 Å². The molecule has 19 heavy (non-hydrogen) atoms. The van der Waals surface area contributed by atoms with E-state index >= 15 is 0 Å². The molecule has 1 aliphatic rings. The quantitative estimate of drug-likeness (QED) is 0.663. The van der Waals surface area contributed by atoms with Gasteiger partial charge in [-0.15, -0.1) is 0 Å². The Bertz CT molecular complexity index is 340. The Labute approximate surface area is 112 Å². The molecule has 0 spiro atoms. The van der Waals surface area contributed by atoms with Crippen LogP contribution in [0.1, 0.15) is 32.6 Å². The first-order valence-electron chi connectivity index (χ1n) is 6.55. The highest BCUT2D eigenvalue weighted by Crippen LogP contribution is 2.09. The minimum absolute atomic E-state index is 0.0336. The molecule has 0 saturated carbocycles. The number of carboxylic acid groups (broad SMARTS) is 1. The summed E-state index contributed by atoms with van der Waals surface area (Å²) in [6, 6.07) is -1.51. The number of hydrogen-bond acceptors (Lipinski definition) is 3. The Hall–Kier alpha value is -1.79. The van der Waals surface area contributed by atoms with Crippen LogP contribution in [0.5, 0.6) is 0 Å². The second-order valence-electron chi connectivity index (χ2n) is 4.65. The summed E-state index contributed by atoms with van der Waals surface area (Å²) in [6.45, 7) is 3.18. The van der Waals surface area contributed by atoms with Crippen LogP contribution in [0.15, 0.2) is 0 Å². The van der Waals surface area contributed by atoms with Gasteiger partial charge in [0.15, 0.2) is 0 Å². The van der Waals surface area contributed by atoms with Crippen LogP contribution in [-0.2, 0) is 9.59 Å². The number of nitrogens with zero attached hydrogens (tertiary/aromatic N) is 1. The van der Waals surface area contributed by atoms with Gasteiger partial charge in [0.2, 0.25) is 5.91 Å². The molecule has 0 aromatic rings. The molecule has 7 heteroatoms. The lowest BCUT2D eigenvalue weighted by molar-refractivity contribution is -0.138. The number of nitrogens with one attached hydrogen (secondary N) is 2. The van der Waals surface area contributed by atoms with E-state index < -0.39 is 18.0 Å². The van der Waals surface area contributed by atoms with E-state index in [9.17, 15) is 14.4 Å². The molecule has 1 aliphatic heterocycles. The maximum absolute atomic E-state index is 11.8. The molecule has 1 rings (SSSR count). The van der Waals surface area contributed by atoms with Crippen LogP contribution in [0.25, 0.3) is 0 Å². The molecule has 7 nitrogen and oxygen atoms in total. The predicted molar refractivity (Wildman–Crippen MR) is 68.7 cm³/mol. The maximum atomic E-state index is 11.8. The highest BCUT2D eigenvalue weighted by Gasteiger charge is 2.17. The molecule has 1 saturated heterocycles. The lowest BCUT2D eigenvalue weighted by Crippen LogP contribution is -2.45. The molecular weight excluding hydrogens is 250 g/mol. The van der Waals surface area contributed by atoms with Gasteiger partial charge in [0.1, 0.15) is 6.04 Å². The van der Waals surface area contributed by atoms with Gasteiger partial charge >= 0.3 is 12.0 Å². The monoisotopic (exact) mass is 271 g/mol. The fraction of sp³-hybridized carbons (Fsp3) is 0.750. The summed E-state index contributed by atoms with van der Waals surface area (Å²) in [5, 5.41) is 13.3. The lowest BCUT2D eigenvalue weighted by Gasteiger charge is -2.26. The molecule has 1 fully saturated rings. The molecule has 0 aromatic heterocycles. The number of carbonyl (C=O) groups is 3. The first-order chi connectivity index (χ1) is 9.00. The van der Waals surface area contributed by atoms with Gasteiger partial charge in [-0.1, -0.05) is 0 Å². The highest BCUT2D eigenvalue weighted by molar-refractivity contribution is 5.82. The Morgan fingerprint density at radius 3 is 2.42 bits per heavy atom. The molecule has 1 heterocycles. The Kier molecular flexibility index (Phi) is 6.11. The number of aliphatic carboxylic acids is 1. The number of rotatable bonds is 5. The van der Waals surface area contributed by atoms with Crippen molar-refractivity contribution in [2.24, 2.45) is 0 Å². The average Bonchev–Trinajstić information content (AvgIpc) is 2.39. The van der Waals surface area contributed by atoms with Gasteiger partial charge in [0.25, 0.3) is 0 Å². The van der Waals surface area contributed by atoms with Gasteiger partial charge in [-0.25, -0.2) is 4.79 Å². The van der Waals surface area contributed by atoms with Crippen LogP contribution in [0.3, 0.4) is 0 Å². The van der Waals surface area contributed by atoms with E-state index in [4.69, 9.17) is 5.11 Å². The molecule has 0 radical (unpaired) electrons. The largest absolute Gasteiger partial charge is 0.480 e. The summed E-state index contributed by atoms with van der Waals surface area (Å²) < 4.78 is 0. The van der Waals surface area contributed by atoms with Crippen molar-refractivity contribution in [2.75, 3.05) is 19.6 Å². The standard InChI is InChI=1S/C12H21N3O4/c1-9(11(17)18)14-12(19)13-6-5-10(16)15-7-3-2-4-8-15/h9H,2-8H2,1H3,(H,17,18)(H2,13,14,19)/t9-/m0/s1. The minimum atomic E-state index is -1.10. The van der Waals surface area contributed by atoms with Crippen molar-refractivity contribution in [1.29, 1.82) is 0 Å². The van der Waals surface area contributed by atoms with Crippen molar-refractivity contribution in [3.05, 3.63) is 0 Å². The number of urea groups is 1. The summed E-state index contributed by atoms with van der Waals surface area (Å²) in [7, 11) is 0. The predicted octanol–water partition coefficient (Wildman–Crippen LogP) is 0.161. The molecule has 108 valence electrons. The molecule has 0 unspecified atom stereocenters. The normalized spacial score (nSPS) is 16.6. The van der Waals surface area contributed by atoms with E-state index in [1.165, 1.54) is 6.92 Å². The second-order valence-corrected chi connectivity index (χ2v) is 4.65. The summed E-state index contributed by atoms with van der Waals surface area (Å²) in [5.74, 6) is -1.06. The van der Waals surface area contributed by atoms with E-state index in [1.54, 1.807) is 0 Å². The molecular formula is C12H21N3O4. The molecule has 1 atom stereocenters. The highest BCUT2D eigenvalue weighted by atomic mass is 16.4. The molecule has 3 N–H and O–H groups in total. The Morgan fingerprint density at radius 1 is 1.21 bits per heavy atom. The van der Waals surface area contributed by atoms with Crippen molar-refractivity contribution in [1.82, 2.24) is 15.5 Å². The van der Waals surface area contributed by atoms with E-state index in [0.717, 1.165) is 32.4 Å². The number of piperidine rings is 1. The second kappa shape index (κ2) is 7.60. The van der Waals surface area contributed by atoms with Crippen LogP contribution in [0, 0.1) is 0 Å². The zero-order valence-corrected chi connectivity index (χ0v) is 11.1. The summed E-state index contributed by atoms with van der Waals surface area (Å²) in [4.78, 5) is 35.4. The van der Waals surface area contributed by atoms with Crippen molar-refractivity contribution < 1.29 is 19.5 Å². The fourth-order valence-corrected chi connectivity index (χ4v) is 1.89. The van der Waals surface area contributed by atoms with Crippen molar-refractivity contribution in [3.8, 4) is 0 Å². The summed E-state index contributed by atoms with van der Waals surface area (Å²) in [6.07, 6.45) is 3.48. The molecule has 3 amide bonds. The number of carboxylic acids is 1. The fourth-order valence-electron chi connectivity index (χ4n) is 1.89. The zero-order valence-electron chi connectivity index (χ0n) is 11.1. The third-order valence-electron chi connectivity index (χ3n) is 3.05. The van der Waals surface area contributed by atoms with Gasteiger partial charge in [-0.2, -0.15) is 0 Å². The molecule has 0 aromatic carbocycles. The van der Waals surface area contributed by atoms with Crippen LogP contribution in [-0.4, -0.2) is 53.6 Å². The first-order valence-corrected chi connectivity index (χ1v) is 6.55. The van der Waals surface area contributed by atoms with Crippen LogP contribution in [0.4, 0.5) is 4.79 Å². The van der Waals surface area contributed by atoms with Gasteiger partial charge in [0, 0.05) is 26.1 Å². The Balaban J connectivity index is 2.17. The Morgan fingerprint density at radius 2 is 1.84 bits per heavy atom. The van der Waals surface area contributed by atoms with E-state index in [0.29, 0.717) is 0 Å². The van der Waals surface area contributed by atoms with Gasteiger partial charge in [-0.3, -0.25) is 9.59 Å². The molecule has 0 aliphatic carbocycles.